The van der Waals surface area contributed by atoms with Crippen molar-refractivity contribution in [3.05, 3.63) is 21.4 Å². The summed E-state index contributed by atoms with van der Waals surface area (Å²) in [6, 6.07) is 2.38. The molecule has 1 N–H and O–H groups in total. The van der Waals surface area contributed by atoms with Gasteiger partial charge in [0.05, 0.1) is 0 Å². The zero-order valence-electron chi connectivity index (χ0n) is 12.7. The van der Waals surface area contributed by atoms with Crippen LogP contribution in [0.4, 0.5) is 0 Å². The van der Waals surface area contributed by atoms with Gasteiger partial charge in [-0.3, -0.25) is 0 Å². The molecule has 0 atom stereocenters. The van der Waals surface area contributed by atoms with Gasteiger partial charge in [-0.2, -0.15) is 0 Å². The van der Waals surface area contributed by atoms with E-state index in [-0.39, 0.29) is 0 Å². The molecule has 2 rings (SSSR count). The van der Waals surface area contributed by atoms with Crippen molar-refractivity contribution in [3.63, 3.8) is 0 Å². The number of hydrogen-bond donors (Lipinski definition) is 1. The molecule has 0 aliphatic heterocycles. The van der Waals surface area contributed by atoms with Crippen LogP contribution in [0.25, 0.3) is 0 Å². The number of hydrogen-bond acceptors (Lipinski definition) is 3. The standard InChI is InChI=1S/C16H28N2S/c1-13-15(9-16(19-13)10-17-2)12-18(3)11-14-7-5-4-6-8-14/h9,14,17H,4-8,10-12H2,1-3H3. The fraction of sp³-hybridized carbons (Fsp3) is 0.750. The third kappa shape index (κ3) is 4.59. The van der Waals surface area contributed by atoms with Gasteiger partial charge in [0.25, 0.3) is 0 Å². The lowest BCUT2D eigenvalue weighted by Crippen LogP contribution is -2.26. The second-order valence-corrected chi connectivity index (χ2v) is 7.37. The van der Waals surface area contributed by atoms with Crippen molar-refractivity contribution in [3.8, 4) is 0 Å². The van der Waals surface area contributed by atoms with Gasteiger partial charge in [0.1, 0.15) is 0 Å². The van der Waals surface area contributed by atoms with Gasteiger partial charge in [-0.1, -0.05) is 19.3 Å². The van der Waals surface area contributed by atoms with Crippen molar-refractivity contribution in [2.24, 2.45) is 5.92 Å². The Morgan fingerprint density at radius 2 is 2.05 bits per heavy atom. The summed E-state index contributed by atoms with van der Waals surface area (Å²) in [6.45, 7) is 5.64. The normalized spacial score (nSPS) is 17.3. The van der Waals surface area contributed by atoms with E-state index < -0.39 is 0 Å². The molecule has 1 saturated carbocycles. The van der Waals surface area contributed by atoms with E-state index in [9.17, 15) is 0 Å². The Morgan fingerprint density at radius 3 is 2.74 bits per heavy atom. The van der Waals surface area contributed by atoms with Crippen molar-refractivity contribution in [2.45, 2.75) is 52.1 Å². The largest absolute Gasteiger partial charge is 0.315 e. The van der Waals surface area contributed by atoms with E-state index in [0.29, 0.717) is 0 Å². The van der Waals surface area contributed by atoms with E-state index in [1.807, 2.05) is 18.4 Å². The molecular weight excluding hydrogens is 252 g/mol. The molecule has 0 unspecified atom stereocenters. The molecule has 1 heterocycles. The minimum atomic E-state index is 0.939. The SMILES string of the molecule is CNCc1cc(CN(C)CC2CCCCC2)c(C)s1. The molecule has 0 saturated heterocycles. The lowest BCUT2D eigenvalue weighted by Gasteiger charge is -2.27. The Labute approximate surface area is 122 Å². The summed E-state index contributed by atoms with van der Waals surface area (Å²) in [4.78, 5) is 5.47. The zero-order chi connectivity index (χ0) is 13.7. The topological polar surface area (TPSA) is 15.3 Å². The van der Waals surface area contributed by atoms with E-state index in [0.717, 1.165) is 19.0 Å². The van der Waals surface area contributed by atoms with Crippen LogP contribution in [-0.4, -0.2) is 25.5 Å². The van der Waals surface area contributed by atoms with E-state index in [1.165, 1.54) is 54.0 Å². The maximum absolute atomic E-state index is 3.24. The summed E-state index contributed by atoms with van der Waals surface area (Å²) >= 11 is 1.94. The van der Waals surface area contributed by atoms with Crippen LogP contribution >= 0.6 is 11.3 Å². The Morgan fingerprint density at radius 1 is 1.32 bits per heavy atom. The molecule has 1 aliphatic carbocycles. The van der Waals surface area contributed by atoms with Crippen molar-refractivity contribution in [1.29, 1.82) is 0 Å². The Bertz CT molecular complexity index is 380. The Kier molecular flexibility index (Phi) is 5.86. The summed E-state index contributed by atoms with van der Waals surface area (Å²) in [5.41, 5.74) is 1.52. The molecule has 1 aromatic rings. The van der Waals surface area contributed by atoms with Crippen LogP contribution < -0.4 is 5.32 Å². The molecule has 108 valence electrons. The van der Waals surface area contributed by atoms with E-state index >= 15 is 0 Å². The molecule has 2 nitrogen and oxygen atoms in total. The molecular formula is C16H28N2S. The maximum Gasteiger partial charge on any atom is 0.0296 e. The van der Waals surface area contributed by atoms with Crippen LogP contribution in [0, 0.1) is 12.8 Å². The minimum absolute atomic E-state index is 0.939. The molecule has 1 aliphatic rings. The van der Waals surface area contributed by atoms with Gasteiger partial charge in [-0.15, -0.1) is 11.3 Å². The predicted octanol–water partition coefficient (Wildman–Crippen LogP) is 3.79. The molecule has 19 heavy (non-hydrogen) atoms. The number of thiophene rings is 1. The van der Waals surface area contributed by atoms with Gasteiger partial charge in [0.15, 0.2) is 0 Å². The van der Waals surface area contributed by atoms with Crippen LogP contribution in [0.1, 0.15) is 47.4 Å². The number of nitrogens with one attached hydrogen (secondary N) is 1. The highest BCUT2D eigenvalue weighted by atomic mass is 32.1. The van der Waals surface area contributed by atoms with Crippen LogP contribution in [0.2, 0.25) is 0 Å². The summed E-state index contributed by atoms with van der Waals surface area (Å²) in [5.74, 6) is 0.939. The van der Waals surface area contributed by atoms with Gasteiger partial charge in [-0.25, -0.2) is 0 Å². The first-order valence-electron chi connectivity index (χ1n) is 7.60. The lowest BCUT2D eigenvalue weighted by molar-refractivity contribution is 0.228. The second-order valence-electron chi connectivity index (χ2n) is 6.03. The molecule has 3 heteroatoms. The third-order valence-electron chi connectivity index (χ3n) is 4.16. The number of nitrogens with zero attached hydrogens (tertiary/aromatic N) is 1. The highest BCUT2D eigenvalue weighted by Gasteiger charge is 2.16. The number of rotatable bonds is 6. The summed E-state index contributed by atoms with van der Waals surface area (Å²) in [7, 11) is 4.30. The third-order valence-corrected chi connectivity index (χ3v) is 5.25. The van der Waals surface area contributed by atoms with E-state index in [4.69, 9.17) is 0 Å². The van der Waals surface area contributed by atoms with Gasteiger partial charge >= 0.3 is 0 Å². The maximum atomic E-state index is 3.24. The first-order chi connectivity index (χ1) is 9.19. The van der Waals surface area contributed by atoms with Gasteiger partial charge in [0, 0.05) is 29.4 Å². The second kappa shape index (κ2) is 7.41. The first-order valence-corrected chi connectivity index (χ1v) is 8.42. The molecule has 0 aromatic carbocycles. The highest BCUT2D eigenvalue weighted by Crippen LogP contribution is 2.26. The predicted molar refractivity (Wildman–Crippen MR) is 84.7 cm³/mol. The van der Waals surface area contributed by atoms with Crippen molar-refractivity contribution >= 4 is 11.3 Å². The monoisotopic (exact) mass is 280 g/mol. The van der Waals surface area contributed by atoms with Gasteiger partial charge in [-0.05, 0) is 51.4 Å². The van der Waals surface area contributed by atoms with Crippen LogP contribution in [0.5, 0.6) is 0 Å². The lowest BCUT2D eigenvalue weighted by atomic mass is 9.89. The van der Waals surface area contributed by atoms with Crippen LogP contribution in [0.15, 0.2) is 6.07 Å². The van der Waals surface area contributed by atoms with Crippen molar-refractivity contribution in [1.82, 2.24) is 10.2 Å². The average Bonchev–Trinajstić information content (AvgIpc) is 2.71. The number of aryl methyl sites for hydroxylation is 1. The highest BCUT2D eigenvalue weighted by molar-refractivity contribution is 7.12. The van der Waals surface area contributed by atoms with Crippen molar-refractivity contribution < 1.29 is 0 Å². The minimum Gasteiger partial charge on any atom is -0.315 e. The smallest absolute Gasteiger partial charge is 0.0296 e. The van der Waals surface area contributed by atoms with E-state index in [2.05, 4.69) is 30.3 Å². The molecule has 0 radical (unpaired) electrons. The molecule has 1 fully saturated rings. The summed E-state index contributed by atoms with van der Waals surface area (Å²) in [6.07, 6.45) is 7.23. The summed E-state index contributed by atoms with van der Waals surface area (Å²) < 4.78 is 0. The van der Waals surface area contributed by atoms with Crippen LogP contribution in [0.3, 0.4) is 0 Å². The van der Waals surface area contributed by atoms with Gasteiger partial charge < -0.3 is 10.2 Å². The van der Waals surface area contributed by atoms with Gasteiger partial charge in [0.2, 0.25) is 0 Å². The zero-order valence-corrected chi connectivity index (χ0v) is 13.5. The molecule has 0 spiro atoms. The first kappa shape index (κ1) is 15.0. The van der Waals surface area contributed by atoms with Crippen molar-refractivity contribution in [2.75, 3.05) is 20.6 Å². The Balaban J connectivity index is 1.85. The fourth-order valence-electron chi connectivity index (χ4n) is 3.17. The molecule has 1 aromatic heterocycles. The average molecular weight is 280 g/mol. The summed E-state index contributed by atoms with van der Waals surface area (Å²) in [5, 5.41) is 3.24. The molecule has 0 amide bonds. The quantitative estimate of drug-likeness (QED) is 0.853. The van der Waals surface area contributed by atoms with Crippen LogP contribution in [-0.2, 0) is 13.1 Å². The Hall–Kier alpha value is -0.380. The van der Waals surface area contributed by atoms with E-state index in [1.54, 1.807) is 0 Å². The molecule has 0 bridgehead atoms. The fourth-order valence-corrected chi connectivity index (χ4v) is 4.24.